The molecule has 0 heterocycles. The van der Waals surface area contributed by atoms with E-state index in [1.165, 1.54) is 49.7 Å². The molecule has 1 atom stereocenters. The van der Waals surface area contributed by atoms with Gasteiger partial charge in [-0.25, -0.2) is 0 Å². The smallest absolute Gasteiger partial charge is 0.124 e. The van der Waals surface area contributed by atoms with E-state index in [1.807, 2.05) is 0 Å². The van der Waals surface area contributed by atoms with Crippen LogP contribution in [0.3, 0.4) is 0 Å². The second-order valence-corrected chi connectivity index (χ2v) is 7.07. The molecular weight excluding hydrogens is 318 g/mol. The first kappa shape index (κ1) is 20.5. The van der Waals surface area contributed by atoms with Crippen molar-refractivity contribution in [1.29, 1.82) is 0 Å². The SMILES string of the molecule is CCCCCCCCNC(C)c1ccccc1OCCc1ccccc1. The van der Waals surface area contributed by atoms with Crippen molar-refractivity contribution >= 4 is 0 Å². The van der Waals surface area contributed by atoms with Crippen LogP contribution in [0.5, 0.6) is 5.75 Å². The summed E-state index contributed by atoms with van der Waals surface area (Å²) in [6.45, 7) is 6.29. The Balaban J connectivity index is 1.74. The predicted octanol–water partition coefficient (Wildman–Crippen LogP) is 6.32. The van der Waals surface area contributed by atoms with Gasteiger partial charge in [-0.15, -0.1) is 0 Å². The Morgan fingerprint density at radius 2 is 1.54 bits per heavy atom. The predicted molar refractivity (Wildman–Crippen MR) is 112 cm³/mol. The molecule has 0 aliphatic heterocycles. The zero-order chi connectivity index (χ0) is 18.5. The maximum atomic E-state index is 6.09. The standard InChI is InChI=1S/C24H35NO/c1-3-4-5-6-7-13-19-25-21(2)23-16-11-12-17-24(23)26-20-18-22-14-9-8-10-15-22/h8-12,14-17,21,25H,3-7,13,18-20H2,1-2H3. The van der Waals surface area contributed by atoms with Crippen LogP contribution in [0.4, 0.5) is 0 Å². The molecule has 1 unspecified atom stereocenters. The molecule has 0 aliphatic carbocycles. The van der Waals surface area contributed by atoms with Gasteiger partial charge in [-0.3, -0.25) is 0 Å². The van der Waals surface area contributed by atoms with Crippen molar-refractivity contribution in [2.45, 2.75) is 64.8 Å². The van der Waals surface area contributed by atoms with Crippen LogP contribution in [-0.2, 0) is 6.42 Å². The number of ether oxygens (including phenoxy) is 1. The Bertz CT molecular complexity index is 596. The van der Waals surface area contributed by atoms with Crippen molar-refractivity contribution in [3.63, 3.8) is 0 Å². The maximum absolute atomic E-state index is 6.09. The Hall–Kier alpha value is -1.80. The van der Waals surface area contributed by atoms with E-state index in [1.54, 1.807) is 0 Å². The average Bonchev–Trinajstić information content (AvgIpc) is 2.68. The summed E-state index contributed by atoms with van der Waals surface area (Å²) in [5.74, 6) is 1.01. The second-order valence-electron chi connectivity index (χ2n) is 7.07. The van der Waals surface area contributed by atoms with Crippen LogP contribution in [0.1, 0.15) is 69.5 Å². The maximum Gasteiger partial charge on any atom is 0.124 e. The van der Waals surface area contributed by atoms with E-state index in [2.05, 4.69) is 73.8 Å². The monoisotopic (exact) mass is 353 g/mol. The molecule has 26 heavy (non-hydrogen) atoms. The Labute approximate surface area is 160 Å². The van der Waals surface area contributed by atoms with Crippen LogP contribution in [0, 0.1) is 0 Å². The number of unbranched alkanes of at least 4 members (excludes halogenated alkanes) is 5. The molecule has 0 aliphatic rings. The van der Waals surface area contributed by atoms with Crippen molar-refractivity contribution in [3.05, 3.63) is 65.7 Å². The third-order valence-electron chi connectivity index (χ3n) is 4.86. The largest absolute Gasteiger partial charge is 0.493 e. The molecule has 142 valence electrons. The average molecular weight is 354 g/mol. The number of hydrogen-bond donors (Lipinski definition) is 1. The molecule has 0 spiro atoms. The van der Waals surface area contributed by atoms with E-state index in [4.69, 9.17) is 4.74 Å². The van der Waals surface area contributed by atoms with Crippen LogP contribution in [0.2, 0.25) is 0 Å². The molecule has 0 fully saturated rings. The van der Waals surface area contributed by atoms with Gasteiger partial charge in [0.1, 0.15) is 5.75 Å². The summed E-state index contributed by atoms with van der Waals surface area (Å²) in [4.78, 5) is 0. The molecule has 2 heteroatoms. The lowest BCUT2D eigenvalue weighted by Gasteiger charge is -2.18. The second kappa shape index (κ2) is 12.5. The summed E-state index contributed by atoms with van der Waals surface area (Å²) in [6, 6.07) is 19.3. The van der Waals surface area contributed by atoms with Gasteiger partial charge in [-0.05, 0) is 31.5 Å². The summed E-state index contributed by atoms with van der Waals surface area (Å²) in [5.41, 5.74) is 2.57. The highest BCUT2D eigenvalue weighted by Gasteiger charge is 2.10. The minimum absolute atomic E-state index is 0.318. The molecule has 0 bridgehead atoms. The fourth-order valence-corrected chi connectivity index (χ4v) is 3.23. The Morgan fingerprint density at radius 1 is 0.846 bits per heavy atom. The van der Waals surface area contributed by atoms with E-state index in [9.17, 15) is 0 Å². The Morgan fingerprint density at radius 3 is 2.35 bits per heavy atom. The van der Waals surface area contributed by atoms with Gasteiger partial charge in [0.15, 0.2) is 0 Å². The third-order valence-corrected chi connectivity index (χ3v) is 4.86. The lowest BCUT2D eigenvalue weighted by Crippen LogP contribution is -2.20. The molecule has 0 saturated heterocycles. The van der Waals surface area contributed by atoms with E-state index >= 15 is 0 Å². The van der Waals surface area contributed by atoms with Gasteiger partial charge in [-0.2, -0.15) is 0 Å². The van der Waals surface area contributed by atoms with Crippen molar-refractivity contribution in [2.75, 3.05) is 13.2 Å². The highest BCUT2D eigenvalue weighted by atomic mass is 16.5. The highest BCUT2D eigenvalue weighted by molar-refractivity contribution is 5.35. The van der Waals surface area contributed by atoms with Gasteiger partial charge in [0.2, 0.25) is 0 Å². The molecule has 0 amide bonds. The number of benzene rings is 2. The first-order chi connectivity index (χ1) is 12.8. The summed E-state index contributed by atoms with van der Waals surface area (Å²) in [6.07, 6.45) is 8.95. The summed E-state index contributed by atoms with van der Waals surface area (Å²) >= 11 is 0. The summed E-state index contributed by atoms with van der Waals surface area (Å²) in [5, 5.41) is 3.66. The number of para-hydroxylation sites is 1. The van der Waals surface area contributed by atoms with Crippen molar-refractivity contribution in [1.82, 2.24) is 5.32 Å². The number of nitrogens with one attached hydrogen (secondary N) is 1. The third kappa shape index (κ3) is 7.61. The quantitative estimate of drug-likeness (QED) is 0.425. The van der Waals surface area contributed by atoms with Gasteiger partial charge in [0.05, 0.1) is 6.61 Å². The molecule has 2 rings (SSSR count). The lowest BCUT2D eigenvalue weighted by atomic mass is 10.1. The number of hydrogen-bond acceptors (Lipinski definition) is 2. The van der Waals surface area contributed by atoms with Crippen LogP contribution >= 0.6 is 0 Å². The lowest BCUT2D eigenvalue weighted by molar-refractivity contribution is 0.315. The van der Waals surface area contributed by atoms with Crippen LogP contribution in [0.25, 0.3) is 0 Å². The molecule has 1 N–H and O–H groups in total. The minimum Gasteiger partial charge on any atom is -0.493 e. The molecular formula is C24H35NO. The normalized spacial score (nSPS) is 12.1. The molecule has 2 aromatic rings. The van der Waals surface area contributed by atoms with E-state index in [-0.39, 0.29) is 0 Å². The first-order valence-electron chi connectivity index (χ1n) is 10.3. The van der Waals surface area contributed by atoms with Gasteiger partial charge in [0.25, 0.3) is 0 Å². The van der Waals surface area contributed by atoms with Gasteiger partial charge >= 0.3 is 0 Å². The summed E-state index contributed by atoms with van der Waals surface area (Å²) in [7, 11) is 0. The Kier molecular flexibility index (Phi) is 9.89. The van der Waals surface area contributed by atoms with Crippen LogP contribution in [-0.4, -0.2) is 13.2 Å². The highest BCUT2D eigenvalue weighted by Crippen LogP contribution is 2.25. The van der Waals surface area contributed by atoms with Crippen LogP contribution < -0.4 is 10.1 Å². The first-order valence-corrected chi connectivity index (χ1v) is 10.3. The zero-order valence-corrected chi connectivity index (χ0v) is 16.5. The van der Waals surface area contributed by atoms with Gasteiger partial charge < -0.3 is 10.1 Å². The topological polar surface area (TPSA) is 21.3 Å². The van der Waals surface area contributed by atoms with Crippen molar-refractivity contribution in [2.24, 2.45) is 0 Å². The van der Waals surface area contributed by atoms with E-state index < -0.39 is 0 Å². The molecule has 2 aromatic carbocycles. The van der Waals surface area contributed by atoms with Crippen molar-refractivity contribution in [3.8, 4) is 5.75 Å². The van der Waals surface area contributed by atoms with E-state index in [0.717, 1.165) is 18.7 Å². The molecule has 2 nitrogen and oxygen atoms in total. The fourth-order valence-electron chi connectivity index (χ4n) is 3.23. The zero-order valence-electron chi connectivity index (χ0n) is 16.5. The summed E-state index contributed by atoms with van der Waals surface area (Å²) < 4.78 is 6.09. The van der Waals surface area contributed by atoms with Crippen LogP contribution in [0.15, 0.2) is 54.6 Å². The minimum atomic E-state index is 0.318. The molecule has 0 radical (unpaired) electrons. The molecule has 0 aromatic heterocycles. The number of rotatable bonds is 13. The van der Waals surface area contributed by atoms with Gasteiger partial charge in [0, 0.05) is 18.0 Å². The fraction of sp³-hybridized carbons (Fsp3) is 0.500. The van der Waals surface area contributed by atoms with Gasteiger partial charge in [-0.1, -0.05) is 87.6 Å². The van der Waals surface area contributed by atoms with E-state index in [0.29, 0.717) is 12.6 Å². The van der Waals surface area contributed by atoms with Crippen molar-refractivity contribution < 1.29 is 4.74 Å². The molecule has 0 saturated carbocycles.